The molecule has 1 saturated heterocycles. The largest absolute Gasteiger partial charge is 0.452 e. The van der Waals surface area contributed by atoms with Crippen LogP contribution in [0.15, 0.2) is 58.8 Å². The Hall–Kier alpha value is -3.15. The van der Waals surface area contributed by atoms with Crippen LogP contribution in [0, 0.1) is 5.82 Å². The third-order valence-electron chi connectivity index (χ3n) is 5.25. The molecule has 0 spiro atoms. The quantitative estimate of drug-likeness (QED) is 0.490. The van der Waals surface area contributed by atoms with Crippen molar-refractivity contribution in [1.82, 2.24) is 9.29 Å². The third kappa shape index (κ3) is 5.66. The number of benzene rings is 2. The maximum absolute atomic E-state index is 13.1. The summed E-state index contributed by atoms with van der Waals surface area (Å²) in [6.07, 6.45) is 2.61. The number of rotatable bonds is 7. The summed E-state index contributed by atoms with van der Waals surface area (Å²) in [5, 5.41) is 4.56. The molecule has 2 heterocycles. The Kier molecular flexibility index (Phi) is 7.35. The molecule has 1 aliphatic heterocycles. The van der Waals surface area contributed by atoms with Gasteiger partial charge in [-0.15, -0.1) is 11.3 Å². The fraction of sp³-hybridized carbons (Fsp3) is 0.261. The molecule has 1 N–H and O–H groups in total. The molecule has 34 heavy (non-hydrogen) atoms. The molecule has 1 amide bonds. The minimum Gasteiger partial charge on any atom is -0.452 e. The fourth-order valence-corrected chi connectivity index (χ4v) is 5.79. The van der Waals surface area contributed by atoms with E-state index in [1.54, 1.807) is 17.5 Å². The van der Waals surface area contributed by atoms with Gasteiger partial charge >= 0.3 is 5.97 Å². The van der Waals surface area contributed by atoms with Gasteiger partial charge in [0.2, 0.25) is 10.0 Å². The van der Waals surface area contributed by atoms with Gasteiger partial charge in [0.1, 0.15) is 5.82 Å². The Morgan fingerprint density at radius 1 is 1.09 bits per heavy atom. The Morgan fingerprint density at radius 2 is 1.82 bits per heavy atom. The third-order valence-corrected chi connectivity index (χ3v) is 7.90. The number of thiazole rings is 1. The summed E-state index contributed by atoms with van der Waals surface area (Å²) < 4.78 is 45.2. The van der Waals surface area contributed by atoms with E-state index in [0.29, 0.717) is 29.5 Å². The van der Waals surface area contributed by atoms with Crippen molar-refractivity contribution in [2.75, 3.05) is 25.0 Å². The lowest BCUT2D eigenvalue weighted by atomic mass is 10.2. The van der Waals surface area contributed by atoms with Gasteiger partial charge < -0.3 is 4.74 Å². The van der Waals surface area contributed by atoms with E-state index in [4.69, 9.17) is 4.74 Å². The number of aromatic nitrogens is 1. The topological polar surface area (TPSA) is 106 Å². The van der Waals surface area contributed by atoms with Gasteiger partial charge in [-0.1, -0.05) is 12.5 Å². The summed E-state index contributed by atoms with van der Waals surface area (Å²) in [6, 6.07) is 11.4. The molecule has 1 fully saturated rings. The molecular formula is C23H22FN3O5S2. The standard InChI is InChI=1S/C23H22FN3O5S2/c24-18-9-7-16(8-10-18)20-15-33-23(25-20)26-21(28)14-32-22(29)17-5-4-6-19(13-17)34(30,31)27-11-2-1-3-12-27/h4-10,13,15H,1-3,11-12,14H2,(H,25,26,28). The molecule has 1 aliphatic rings. The van der Waals surface area contributed by atoms with E-state index in [1.165, 1.54) is 52.0 Å². The number of piperidine rings is 1. The molecule has 3 aromatic rings. The van der Waals surface area contributed by atoms with E-state index in [2.05, 4.69) is 10.3 Å². The number of ether oxygens (including phenoxy) is 1. The fourth-order valence-electron chi connectivity index (χ4n) is 3.49. The van der Waals surface area contributed by atoms with Crippen LogP contribution < -0.4 is 5.32 Å². The Morgan fingerprint density at radius 3 is 2.56 bits per heavy atom. The normalized spacial score (nSPS) is 14.5. The molecule has 4 rings (SSSR count). The lowest BCUT2D eigenvalue weighted by Gasteiger charge is -2.25. The second-order valence-corrected chi connectivity index (χ2v) is 10.5. The van der Waals surface area contributed by atoms with Crippen LogP contribution in [-0.4, -0.2) is 49.3 Å². The molecule has 0 unspecified atom stereocenters. The highest BCUT2D eigenvalue weighted by molar-refractivity contribution is 7.89. The zero-order valence-corrected chi connectivity index (χ0v) is 19.7. The summed E-state index contributed by atoms with van der Waals surface area (Å²) in [7, 11) is -3.69. The van der Waals surface area contributed by atoms with Crippen LogP contribution in [-0.2, 0) is 19.6 Å². The first-order chi connectivity index (χ1) is 16.3. The number of anilines is 1. The molecule has 0 radical (unpaired) electrons. The van der Waals surface area contributed by atoms with E-state index in [1.807, 2.05) is 0 Å². The number of nitrogens with one attached hydrogen (secondary N) is 1. The van der Waals surface area contributed by atoms with E-state index in [9.17, 15) is 22.4 Å². The molecule has 1 aromatic heterocycles. The van der Waals surface area contributed by atoms with Gasteiger partial charge in [-0.25, -0.2) is 22.6 Å². The molecule has 0 saturated carbocycles. The van der Waals surface area contributed by atoms with Crippen molar-refractivity contribution in [2.24, 2.45) is 0 Å². The van der Waals surface area contributed by atoms with Crippen LogP contribution in [0.1, 0.15) is 29.6 Å². The summed E-state index contributed by atoms with van der Waals surface area (Å²) >= 11 is 1.18. The van der Waals surface area contributed by atoms with Gasteiger partial charge in [0.15, 0.2) is 11.7 Å². The number of esters is 1. The van der Waals surface area contributed by atoms with E-state index in [0.717, 1.165) is 19.3 Å². The van der Waals surface area contributed by atoms with Crippen molar-refractivity contribution >= 4 is 38.4 Å². The van der Waals surface area contributed by atoms with Gasteiger partial charge in [-0.2, -0.15) is 4.31 Å². The highest BCUT2D eigenvalue weighted by Gasteiger charge is 2.26. The van der Waals surface area contributed by atoms with Gasteiger partial charge in [0.25, 0.3) is 5.91 Å². The predicted octanol–water partition coefficient (Wildman–Crippen LogP) is 3.92. The number of hydrogen-bond acceptors (Lipinski definition) is 7. The van der Waals surface area contributed by atoms with Crippen molar-refractivity contribution in [3.05, 3.63) is 65.3 Å². The summed E-state index contributed by atoms with van der Waals surface area (Å²) in [5.74, 6) is -1.76. The molecule has 178 valence electrons. The maximum atomic E-state index is 13.1. The average Bonchev–Trinajstić information content (AvgIpc) is 3.32. The van der Waals surface area contributed by atoms with Crippen LogP contribution in [0.3, 0.4) is 0 Å². The molecule has 0 bridgehead atoms. The lowest BCUT2D eigenvalue weighted by Crippen LogP contribution is -2.35. The number of carbonyl (C=O) groups is 2. The summed E-state index contributed by atoms with van der Waals surface area (Å²) in [5.41, 5.74) is 1.31. The molecule has 0 atom stereocenters. The highest BCUT2D eigenvalue weighted by Crippen LogP contribution is 2.25. The number of sulfonamides is 1. The predicted molar refractivity (Wildman–Crippen MR) is 125 cm³/mol. The maximum Gasteiger partial charge on any atom is 0.338 e. The molecular weight excluding hydrogens is 481 g/mol. The lowest BCUT2D eigenvalue weighted by molar-refractivity contribution is -0.119. The zero-order valence-electron chi connectivity index (χ0n) is 18.1. The number of carbonyl (C=O) groups excluding carboxylic acids is 2. The first kappa shape index (κ1) is 24.0. The number of hydrogen-bond donors (Lipinski definition) is 1. The van der Waals surface area contributed by atoms with Crippen LogP contribution in [0.5, 0.6) is 0 Å². The molecule has 2 aromatic carbocycles. The Bertz CT molecular complexity index is 1290. The number of halogens is 1. The molecule has 11 heteroatoms. The van der Waals surface area contributed by atoms with Crippen LogP contribution in [0.4, 0.5) is 9.52 Å². The van der Waals surface area contributed by atoms with E-state index >= 15 is 0 Å². The Balaban J connectivity index is 1.34. The molecule has 0 aliphatic carbocycles. The monoisotopic (exact) mass is 503 g/mol. The number of nitrogens with zero attached hydrogens (tertiary/aromatic N) is 2. The van der Waals surface area contributed by atoms with Crippen molar-refractivity contribution in [3.8, 4) is 11.3 Å². The van der Waals surface area contributed by atoms with E-state index < -0.39 is 28.5 Å². The van der Waals surface area contributed by atoms with Crippen molar-refractivity contribution in [1.29, 1.82) is 0 Å². The summed E-state index contributed by atoms with van der Waals surface area (Å²) in [4.78, 5) is 28.9. The first-order valence-corrected chi connectivity index (χ1v) is 12.9. The van der Waals surface area contributed by atoms with Crippen molar-refractivity contribution in [3.63, 3.8) is 0 Å². The van der Waals surface area contributed by atoms with Gasteiger partial charge in [-0.3, -0.25) is 10.1 Å². The minimum absolute atomic E-state index is 0.0180. The second-order valence-electron chi connectivity index (χ2n) is 7.66. The SMILES string of the molecule is O=C(COC(=O)c1cccc(S(=O)(=O)N2CCCCC2)c1)Nc1nc(-c2ccc(F)cc2)cs1. The van der Waals surface area contributed by atoms with Crippen molar-refractivity contribution < 1.29 is 27.1 Å². The molecule has 8 nitrogen and oxygen atoms in total. The smallest absolute Gasteiger partial charge is 0.338 e. The number of amides is 1. The van der Waals surface area contributed by atoms with Gasteiger partial charge in [-0.05, 0) is 55.3 Å². The van der Waals surface area contributed by atoms with Crippen LogP contribution in [0.2, 0.25) is 0 Å². The summed E-state index contributed by atoms with van der Waals surface area (Å²) in [6.45, 7) is 0.348. The first-order valence-electron chi connectivity index (χ1n) is 10.6. The van der Waals surface area contributed by atoms with Gasteiger partial charge in [0.05, 0.1) is 16.2 Å². The Labute approximate surface area is 200 Å². The average molecular weight is 504 g/mol. The van der Waals surface area contributed by atoms with Crippen LogP contribution >= 0.6 is 11.3 Å². The zero-order chi connectivity index (χ0) is 24.1. The minimum atomic E-state index is -3.69. The van der Waals surface area contributed by atoms with E-state index in [-0.39, 0.29) is 16.3 Å². The van der Waals surface area contributed by atoms with Crippen molar-refractivity contribution in [2.45, 2.75) is 24.2 Å². The second kappa shape index (κ2) is 10.4. The van der Waals surface area contributed by atoms with Crippen LogP contribution in [0.25, 0.3) is 11.3 Å². The van der Waals surface area contributed by atoms with Gasteiger partial charge in [0, 0.05) is 24.0 Å². The highest BCUT2D eigenvalue weighted by atomic mass is 32.2.